The van der Waals surface area contributed by atoms with Crippen LogP contribution in [0.3, 0.4) is 0 Å². The molecule has 1 N–H and O–H groups in total. The van der Waals surface area contributed by atoms with Crippen molar-refractivity contribution in [1.29, 1.82) is 0 Å². The predicted molar refractivity (Wildman–Crippen MR) is 138 cm³/mol. The molecule has 4 rings (SSSR count). The van der Waals surface area contributed by atoms with Crippen LogP contribution in [0.2, 0.25) is 0 Å². The first-order valence-corrected chi connectivity index (χ1v) is 12.7. The number of hydrogen-bond donors (Lipinski definition) is 1. The van der Waals surface area contributed by atoms with Gasteiger partial charge in [-0.1, -0.05) is 48.5 Å². The topological polar surface area (TPSA) is 110 Å². The van der Waals surface area contributed by atoms with E-state index in [1.54, 1.807) is 22.7 Å². The van der Waals surface area contributed by atoms with Gasteiger partial charge in [-0.2, -0.15) is 0 Å². The number of rotatable bonds is 5. The molecular weight excluding hydrogens is 474 g/mol. The van der Waals surface area contributed by atoms with Crippen molar-refractivity contribution in [3.05, 3.63) is 54.4 Å². The molecule has 2 heterocycles. The summed E-state index contributed by atoms with van der Waals surface area (Å²) in [5, 5.41) is 19.9. The third-order valence-corrected chi connectivity index (χ3v) is 6.76. The fraction of sp³-hybridized carbons (Fsp3) is 0.481. The Kier molecular flexibility index (Phi) is 8.73. The Morgan fingerprint density at radius 2 is 2.05 bits per heavy atom. The van der Waals surface area contributed by atoms with Gasteiger partial charge in [0.25, 0.3) is 0 Å². The number of aromatic nitrogens is 3. The lowest BCUT2D eigenvalue weighted by molar-refractivity contribution is -0.136. The van der Waals surface area contributed by atoms with Crippen LogP contribution in [0.1, 0.15) is 32.4 Å². The highest BCUT2D eigenvalue weighted by Gasteiger charge is 2.29. The highest BCUT2D eigenvalue weighted by atomic mass is 16.6. The van der Waals surface area contributed by atoms with Gasteiger partial charge in [0.05, 0.1) is 38.1 Å². The molecular formula is C27H35N5O5. The van der Waals surface area contributed by atoms with Crippen molar-refractivity contribution in [3.63, 3.8) is 0 Å². The van der Waals surface area contributed by atoms with Crippen LogP contribution in [0, 0.1) is 5.92 Å². The van der Waals surface area contributed by atoms with Crippen LogP contribution in [0.25, 0.3) is 10.8 Å². The van der Waals surface area contributed by atoms with Gasteiger partial charge in [-0.05, 0) is 24.8 Å². The zero-order valence-electron chi connectivity index (χ0n) is 21.6. The Labute approximate surface area is 216 Å². The zero-order chi connectivity index (χ0) is 26.4. The van der Waals surface area contributed by atoms with Gasteiger partial charge in [-0.15, -0.1) is 5.10 Å². The summed E-state index contributed by atoms with van der Waals surface area (Å²) < 4.78 is 13.7. The van der Waals surface area contributed by atoms with Crippen LogP contribution < -0.4 is 4.74 Å². The fourth-order valence-corrected chi connectivity index (χ4v) is 4.49. The van der Waals surface area contributed by atoms with Crippen molar-refractivity contribution in [3.8, 4) is 5.75 Å². The van der Waals surface area contributed by atoms with E-state index in [-0.39, 0.29) is 37.6 Å². The number of aliphatic hydroxyl groups excluding tert-OH is 1. The van der Waals surface area contributed by atoms with Gasteiger partial charge in [-0.25, -0.2) is 4.79 Å². The number of amides is 2. The molecule has 0 spiro atoms. The summed E-state index contributed by atoms with van der Waals surface area (Å²) in [6.07, 6.45) is 1.86. The summed E-state index contributed by atoms with van der Waals surface area (Å²) in [5.74, 6) is 0.320. The van der Waals surface area contributed by atoms with Gasteiger partial charge in [-0.3, -0.25) is 9.48 Å². The minimum Gasteiger partial charge on any atom is -0.410 e. The van der Waals surface area contributed by atoms with Gasteiger partial charge in [0.1, 0.15) is 11.4 Å². The van der Waals surface area contributed by atoms with Crippen LogP contribution in [0.4, 0.5) is 4.79 Å². The van der Waals surface area contributed by atoms with Crippen molar-refractivity contribution in [1.82, 2.24) is 24.8 Å². The Hall–Kier alpha value is -3.50. The van der Waals surface area contributed by atoms with Gasteiger partial charge in [0.2, 0.25) is 5.91 Å². The molecule has 10 nitrogen and oxygen atoms in total. The van der Waals surface area contributed by atoms with Crippen molar-refractivity contribution in [2.45, 2.75) is 52.0 Å². The predicted octanol–water partition coefficient (Wildman–Crippen LogP) is 3.09. The lowest BCUT2D eigenvalue weighted by Crippen LogP contribution is -2.48. The number of ether oxygens (including phenoxy) is 2. The van der Waals surface area contributed by atoms with E-state index in [1.807, 2.05) is 56.4 Å². The molecule has 0 aliphatic carbocycles. The van der Waals surface area contributed by atoms with E-state index in [1.165, 1.54) is 4.90 Å². The average Bonchev–Trinajstić information content (AvgIpc) is 3.36. The molecule has 0 radical (unpaired) electrons. The van der Waals surface area contributed by atoms with E-state index in [2.05, 4.69) is 10.3 Å². The molecule has 10 heteroatoms. The largest absolute Gasteiger partial charge is 0.415 e. The second-order valence-corrected chi connectivity index (χ2v) is 9.71. The summed E-state index contributed by atoms with van der Waals surface area (Å²) in [5.41, 5.74) is 0.685. The lowest BCUT2D eigenvalue weighted by Gasteiger charge is -2.35. The first-order chi connectivity index (χ1) is 17.9. The lowest BCUT2D eigenvalue weighted by atomic mass is 10.0. The Bertz CT molecular complexity index is 1210. The third-order valence-electron chi connectivity index (χ3n) is 6.76. The van der Waals surface area contributed by atoms with Gasteiger partial charge in [0.15, 0.2) is 0 Å². The Morgan fingerprint density at radius 3 is 2.86 bits per heavy atom. The molecule has 2 aromatic carbocycles. The van der Waals surface area contributed by atoms with Gasteiger partial charge in [0, 0.05) is 37.9 Å². The molecule has 198 valence electrons. The standard InChI is InChI=1S/C27H35N5O5/c1-19-14-32(20(2)17-33)26(34)12-7-13-31-15-22(28-29-31)18-36-25(19)16-30(3)27(35)37-24-11-6-9-21-8-4-5-10-23(21)24/h4-6,8-11,15,19-20,25,33H,7,12-14,16-18H2,1-3H3/t19-,20-,25-/m1/s1. The highest BCUT2D eigenvalue weighted by Crippen LogP contribution is 2.26. The molecule has 3 atom stereocenters. The number of carbonyl (C=O) groups is 2. The van der Waals surface area contributed by atoms with E-state index in [9.17, 15) is 14.7 Å². The summed E-state index contributed by atoms with van der Waals surface area (Å²) >= 11 is 0. The quantitative estimate of drug-likeness (QED) is 0.563. The van der Waals surface area contributed by atoms with Crippen LogP contribution in [-0.4, -0.2) is 80.8 Å². The molecule has 0 saturated heterocycles. The minimum absolute atomic E-state index is 0.0320. The average molecular weight is 510 g/mol. The van der Waals surface area contributed by atoms with Crippen molar-refractivity contribution in [2.24, 2.45) is 5.92 Å². The monoisotopic (exact) mass is 509 g/mol. The molecule has 1 aromatic heterocycles. The molecule has 2 amide bonds. The van der Waals surface area contributed by atoms with E-state index in [4.69, 9.17) is 9.47 Å². The molecule has 0 fully saturated rings. The summed E-state index contributed by atoms with van der Waals surface area (Å²) in [6, 6.07) is 13.0. The van der Waals surface area contributed by atoms with Crippen LogP contribution in [0.15, 0.2) is 48.7 Å². The second-order valence-electron chi connectivity index (χ2n) is 9.71. The number of likely N-dealkylation sites (N-methyl/N-ethyl adjacent to an activating group) is 1. The summed E-state index contributed by atoms with van der Waals surface area (Å²) in [6.45, 7) is 5.11. The Morgan fingerprint density at radius 1 is 1.27 bits per heavy atom. The van der Waals surface area contributed by atoms with Crippen molar-refractivity contribution < 1.29 is 24.2 Å². The number of aliphatic hydroxyl groups is 1. The van der Waals surface area contributed by atoms with E-state index in [0.717, 1.165) is 10.8 Å². The Balaban J connectivity index is 1.51. The molecule has 1 aliphatic heterocycles. The number of hydrogen-bond acceptors (Lipinski definition) is 7. The van der Waals surface area contributed by atoms with E-state index in [0.29, 0.717) is 37.4 Å². The SMILES string of the molecule is C[C@@H]1CN([C@H](C)CO)C(=O)CCCn2cc(nn2)CO[C@@H]1CN(C)C(=O)Oc1cccc2ccccc12. The molecule has 0 unspecified atom stereocenters. The summed E-state index contributed by atoms with van der Waals surface area (Å²) in [7, 11) is 1.67. The van der Waals surface area contributed by atoms with Crippen molar-refractivity contribution >= 4 is 22.8 Å². The molecule has 37 heavy (non-hydrogen) atoms. The van der Waals surface area contributed by atoms with E-state index < -0.39 is 12.2 Å². The van der Waals surface area contributed by atoms with Crippen LogP contribution >= 0.6 is 0 Å². The number of benzene rings is 2. The summed E-state index contributed by atoms with van der Waals surface area (Å²) in [4.78, 5) is 29.3. The molecule has 0 saturated carbocycles. The number of fused-ring (bicyclic) bond motifs is 3. The third kappa shape index (κ3) is 6.64. The maximum Gasteiger partial charge on any atom is 0.415 e. The fourth-order valence-electron chi connectivity index (χ4n) is 4.49. The van der Waals surface area contributed by atoms with Gasteiger partial charge >= 0.3 is 6.09 Å². The zero-order valence-corrected chi connectivity index (χ0v) is 21.6. The van der Waals surface area contributed by atoms with Crippen molar-refractivity contribution in [2.75, 3.05) is 26.7 Å². The normalized spacial score (nSPS) is 20.0. The molecule has 2 bridgehead atoms. The number of carbonyl (C=O) groups excluding carboxylic acids is 2. The first-order valence-electron chi connectivity index (χ1n) is 12.7. The number of nitrogens with zero attached hydrogens (tertiary/aromatic N) is 5. The second kappa shape index (κ2) is 12.2. The number of aryl methyl sites for hydroxylation is 1. The van der Waals surface area contributed by atoms with Crippen LogP contribution in [0.5, 0.6) is 5.75 Å². The maximum atomic E-state index is 13.1. The maximum absolute atomic E-state index is 13.1. The smallest absolute Gasteiger partial charge is 0.410 e. The van der Waals surface area contributed by atoms with E-state index >= 15 is 0 Å². The van der Waals surface area contributed by atoms with Gasteiger partial charge < -0.3 is 24.4 Å². The minimum atomic E-state index is -0.502. The molecule has 3 aromatic rings. The first kappa shape index (κ1) is 26.6. The highest BCUT2D eigenvalue weighted by molar-refractivity contribution is 5.90. The van der Waals surface area contributed by atoms with Crippen LogP contribution in [-0.2, 0) is 22.7 Å². The molecule has 1 aliphatic rings.